The minimum atomic E-state index is -0.538. The van der Waals surface area contributed by atoms with Crippen LogP contribution in [0.5, 0.6) is 0 Å². The number of urea groups is 1. The average molecular weight is 384 g/mol. The van der Waals surface area contributed by atoms with E-state index in [0.29, 0.717) is 24.1 Å². The second-order valence-corrected chi connectivity index (χ2v) is 8.57. The molecule has 1 saturated carbocycles. The van der Waals surface area contributed by atoms with Crippen LogP contribution >= 0.6 is 11.3 Å². The van der Waals surface area contributed by atoms with Gasteiger partial charge >= 0.3 is 12.1 Å². The molecule has 1 heterocycles. The normalized spacial score (nSPS) is 15.4. The molecule has 0 spiro atoms. The molecule has 0 unspecified atom stereocenters. The molecule has 1 aromatic heterocycles. The van der Waals surface area contributed by atoms with E-state index >= 15 is 0 Å². The zero-order valence-corrected chi connectivity index (χ0v) is 16.8. The molecule has 0 atom stereocenters. The zero-order valence-electron chi connectivity index (χ0n) is 16.0. The molecule has 146 valence electrons. The molecular weight excluding hydrogens is 354 g/mol. The highest BCUT2D eigenvalue weighted by atomic mass is 32.1. The quantitative estimate of drug-likeness (QED) is 0.810. The van der Waals surface area contributed by atoms with E-state index in [0.717, 1.165) is 17.8 Å². The van der Waals surface area contributed by atoms with Crippen LogP contribution in [0.2, 0.25) is 0 Å². The van der Waals surface area contributed by atoms with Gasteiger partial charge < -0.3 is 15.0 Å². The monoisotopic (exact) mass is 383 g/mol. The third kappa shape index (κ3) is 6.78. The van der Waals surface area contributed by atoms with Gasteiger partial charge in [-0.25, -0.2) is 9.59 Å². The lowest BCUT2D eigenvalue weighted by Crippen LogP contribution is -2.40. The number of hydrogen-bond donors (Lipinski definition) is 2. The fraction of sp³-hybridized carbons (Fsp3) is 0.765. The minimum Gasteiger partial charge on any atom is -0.444 e. The summed E-state index contributed by atoms with van der Waals surface area (Å²) in [5, 5.41) is 15.2. The number of nitrogens with one attached hydrogen (secondary N) is 2. The lowest BCUT2D eigenvalue weighted by atomic mass is 9.90. The Kier molecular flexibility index (Phi) is 7.19. The Labute approximate surface area is 158 Å². The summed E-state index contributed by atoms with van der Waals surface area (Å²) in [6.07, 6.45) is 5.65. The van der Waals surface area contributed by atoms with Crippen molar-refractivity contribution in [3.8, 4) is 0 Å². The summed E-state index contributed by atoms with van der Waals surface area (Å²) >= 11 is 1.44. The summed E-state index contributed by atoms with van der Waals surface area (Å²) in [6.45, 7) is 6.11. The number of carbonyl (C=O) groups excluding carboxylic acids is 2. The van der Waals surface area contributed by atoms with Crippen LogP contribution in [0, 0.1) is 0 Å². The van der Waals surface area contributed by atoms with Crippen LogP contribution in [0.15, 0.2) is 0 Å². The molecule has 1 aliphatic carbocycles. The molecule has 0 radical (unpaired) electrons. The van der Waals surface area contributed by atoms with E-state index in [9.17, 15) is 9.59 Å². The van der Waals surface area contributed by atoms with E-state index in [-0.39, 0.29) is 6.03 Å². The number of aromatic nitrogens is 2. The standard InChI is InChI=1S/C17H29N5O3S/c1-17(2,3)25-16(24)22(4)11-10-18-14(23)19-15-21-20-13(26-15)12-8-6-5-7-9-12/h12H,5-11H2,1-4H3,(H2,18,19,21,23). The van der Waals surface area contributed by atoms with Crippen molar-refractivity contribution in [2.45, 2.75) is 64.4 Å². The molecule has 3 amide bonds. The predicted molar refractivity (Wildman–Crippen MR) is 102 cm³/mol. The van der Waals surface area contributed by atoms with Crippen molar-refractivity contribution in [3.63, 3.8) is 0 Å². The fourth-order valence-electron chi connectivity index (χ4n) is 2.71. The first kappa shape index (κ1) is 20.4. The van der Waals surface area contributed by atoms with Crippen molar-refractivity contribution in [3.05, 3.63) is 5.01 Å². The highest BCUT2D eigenvalue weighted by Gasteiger charge is 2.21. The maximum absolute atomic E-state index is 12.0. The van der Waals surface area contributed by atoms with Crippen LogP contribution < -0.4 is 10.6 Å². The topological polar surface area (TPSA) is 96.5 Å². The van der Waals surface area contributed by atoms with Crippen molar-refractivity contribution in [1.82, 2.24) is 20.4 Å². The Hall–Kier alpha value is -1.90. The van der Waals surface area contributed by atoms with Gasteiger partial charge in [-0.2, -0.15) is 0 Å². The Morgan fingerprint density at radius 3 is 2.58 bits per heavy atom. The number of hydrogen-bond acceptors (Lipinski definition) is 6. The summed E-state index contributed by atoms with van der Waals surface area (Å²) in [7, 11) is 1.63. The first-order chi connectivity index (χ1) is 12.2. The number of amides is 3. The third-order valence-electron chi connectivity index (χ3n) is 4.05. The molecule has 2 rings (SSSR count). The summed E-state index contributed by atoms with van der Waals surface area (Å²) in [5.74, 6) is 0.474. The molecule has 2 N–H and O–H groups in total. The Morgan fingerprint density at radius 2 is 1.92 bits per heavy atom. The van der Waals surface area contributed by atoms with Crippen molar-refractivity contribution < 1.29 is 14.3 Å². The first-order valence-electron chi connectivity index (χ1n) is 9.07. The molecule has 26 heavy (non-hydrogen) atoms. The molecule has 0 saturated heterocycles. The summed E-state index contributed by atoms with van der Waals surface area (Å²) in [4.78, 5) is 25.2. The largest absolute Gasteiger partial charge is 0.444 e. The van der Waals surface area contributed by atoms with Gasteiger partial charge in [-0.15, -0.1) is 10.2 Å². The van der Waals surface area contributed by atoms with Gasteiger partial charge in [0.2, 0.25) is 5.13 Å². The molecular formula is C17H29N5O3S. The van der Waals surface area contributed by atoms with Gasteiger partial charge in [-0.1, -0.05) is 30.6 Å². The number of rotatable bonds is 5. The summed E-state index contributed by atoms with van der Waals surface area (Å²) < 4.78 is 5.26. The van der Waals surface area contributed by atoms with Crippen LogP contribution in [0.4, 0.5) is 14.7 Å². The molecule has 1 fully saturated rings. The maximum Gasteiger partial charge on any atom is 0.410 e. The van der Waals surface area contributed by atoms with Gasteiger partial charge in [0, 0.05) is 26.1 Å². The van der Waals surface area contributed by atoms with Gasteiger partial charge in [0.05, 0.1) is 0 Å². The zero-order chi connectivity index (χ0) is 19.2. The molecule has 9 heteroatoms. The van der Waals surface area contributed by atoms with E-state index in [4.69, 9.17) is 4.74 Å². The van der Waals surface area contributed by atoms with Gasteiger partial charge in [-0.3, -0.25) is 5.32 Å². The number of ether oxygens (including phenoxy) is 1. The van der Waals surface area contributed by atoms with Gasteiger partial charge in [0.15, 0.2) is 0 Å². The molecule has 0 aromatic carbocycles. The number of likely N-dealkylation sites (N-methyl/N-ethyl adjacent to an activating group) is 1. The molecule has 1 aromatic rings. The maximum atomic E-state index is 12.0. The molecule has 0 bridgehead atoms. The average Bonchev–Trinajstić information content (AvgIpc) is 3.02. The second-order valence-electron chi connectivity index (χ2n) is 7.56. The molecule has 1 aliphatic rings. The summed E-state index contributed by atoms with van der Waals surface area (Å²) in [5.41, 5.74) is -0.538. The number of anilines is 1. The highest BCUT2D eigenvalue weighted by Crippen LogP contribution is 2.35. The van der Waals surface area contributed by atoms with E-state index < -0.39 is 11.7 Å². The van der Waals surface area contributed by atoms with Crippen LogP contribution in [-0.2, 0) is 4.74 Å². The van der Waals surface area contributed by atoms with E-state index in [1.54, 1.807) is 7.05 Å². The van der Waals surface area contributed by atoms with Crippen LogP contribution in [-0.4, -0.2) is 53.0 Å². The number of carbonyl (C=O) groups is 2. The smallest absolute Gasteiger partial charge is 0.410 e. The van der Waals surface area contributed by atoms with Crippen LogP contribution in [0.25, 0.3) is 0 Å². The van der Waals surface area contributed by atoms with Crippen molar-refractivity contribution in [1.29, 1.82) is 0 Å². The van der Waals surface area contributed by atoms with Crippen molar-refractivity contribution >= 4 is 28.6 Å². The molecule has 8 nitrogen and oxygen atoms in total. The van der Waals surface area contributed by atoms with Gasteiger partial charge in [0.1, 0.15) is 10.6 Å². The van der Waals surface area contributed by atoms with Crippen LogP contribution in [0.3, 0.4) is 0 Å². The van der Waals surface area contributed by atoms with Gasteiger partial charge in [-0.05, 0) is 33.6 Å². The first-order valence-corrected chi connectivity index (χ1v) is 9.88. The predicted octanol–water partition coefficient (Wildman–Crippen LogP) is 3.57. The Balaban J connectivity index is 1.70. The van der Waals surface area contributed by atoms with Crippen LogP contribution in [0.1, 0.15) is 63.8 Å². The summed E-state index contributed by atoms with van der Waals surface area (Å²) in [6, 6.07) is -0.353. The van der Waals surface area contributed by atoms with Crippen molar-refractivity contribution in [2.75, 3.05) is 25.5 Å². The lowest BCUT2D eigenvalue weighted by Gasteiger charge is -2.24. The third-order valence-corrected chi connectivity index (χ3v) is 5.05. The SMILES string of the molecule is CN(CCNC(=O)Nc1nnc(C2CCCCC2)s1)C(=O)OC(C)(C)C. The minimum absolute atomic E-state index is 0.315. The number of nitrogens with zero attached hydrogens (tertiary/aromatic N) is 3. The Morgan fingerprint density at radius 1 is 1.23 bits per heavy atom. The van der Waals surface area contributed by atoms with Crippen molar-refractivity contribution in [2.24, 2.45) is 0 Å². The lowest BCUT2D eigenvalue weighted by molar-refractivity contribution is 0.0301. The van der Waals surface area contributed by atoms with E-state index in [1.165, 1.54) is 35.5 Å². The van der Waals surface area contributed by atoms with E-state index in [2.05, 4.69) is 20.8 Å². The Bertz CT molecular complexity index is 608. The second kappa shape index (κ2) is 9.16. The van der Waals surface area contributed by atoms with Gasteiger partial charge in [0.25, 0.3) is 0 Å². The fourth-order valence-corrected chi connectivity index (χ4v) is 3.62. The molecule has 0 aliphatic heterocycles. The van der Waals surface area contributed by atoms with E-state index in [1.807, 2.05) is 20.8 Å². The highest BCUT2D eigenvalue weighted by molar-refractivity contribution is 7.15.